The van der Waals surface area contributed by atoms with Gasteiger partial charge in [0, 0.05) is 100 Å². The van der Waals surface area contributed by atoms with Gasteiger partial charge in [0.25, 0.3) is 11.8 Å². The molecule has 0 radical (unpaired) electrons. The molecule has 2 aromatic carbocycles. The van der Waals surface area contributed by atoms with E-state index in [2.05, 4.69) is 59.2 Å². The number of aromatic hydroxyl groups is 1. The van der Waals surface area contributed by atoms with Gasteiger partial charge in [-0.3, -0.25) is 38.9 Å². The maximum atomic E-state index is 14.8. The number of phenols is 1. The number of hydrazine groups is 1. The second-order valence-electron chi connectivity index (χ2n) is 21.1. The lowest BCUT2D eigenvalue weighted by Crippen LogP contribution is -2.63. The van der Waals surface area contributed by atoms with Gasteiger partial charge in [0.05, 0.1) is 44.4 Å². The van der Waals surface area contributed by atoms with E-state index in [9.17, 15) is 34.2 Å². The number of methoxy groups -OCH3 is 1. The molecule has 0 unspecified atom stereocenters. The van der Waals surface area contributed by atoms with Gasteiger partial charge >= 0.3 is 5.97 Å². The minimum atomic E-state index is -1.95. The number of nitrogens with zero attached hydrogens (tertiary/aromatic N) is 6. The molecule has 73 heavy (non-hydrogen) atoms. The number of pyridine rings is 1. The Kier molecular flexibility index (Phi) is 16.4. The molecule has 4 aromatic rings. The van der Waals surface area contributed by atoms with Gasteiger partial charge in [-0.2, -0.15) is 0 Å². The molecule has 4 amide bonds. The highest BCUT2D eigenvalue weighted by molar-refractivity contribution is 5.97. The van der Waals surface area contributed by atoms with Gasteiger partial charge < -0.3 is 44.1 Å². The molecule has 8 rings (SSSR count). The number of rotatable bonds is 12. The van der Waals surface area contributed by atoms with Crippen LogP contribution in [-0.4, -0.2) is 166 Å². The topological polar surface area (TPSA) is 208 Å². The molecule has 0 aliphatic carbocycles. The fraction of sp³-hybridized carbons (Fsp3) is 0.527. The van der Waals surface area contributed by atoms with Crippen LogP contribution in [0.4, 0.5) is 0 Å². The van der Waals surface area contributed by atoms with Gasteiger partial charge in [0.1, 0.15) is 23.9 Å². The SMILES string of the molecule is CCn1c(-c2cccnc2COC)c2c3cc(ccc31)-c1cc(O)cc(c1)C[C@H](NC(=O)[C@H](C(C)C)N(C)C(=O)[C@@]1(O)CCN(C(=O)/C=C/CN3CCOCC3)C1)C(=O)N1CCC[C@H](N1)C(=O)OCC(C)(C)C2. The highest BCUT2D eigenvalue weighted by atomic mass is 16.5. The van der Waals surface area contributed by atoms with Crippen LogP contribution < -0.4 is 10.7 Å². The van der Waals surface area contributed by atoms with Crippen LogP contribution in [0.25, 0.3) is 33.3 Å². The molecule has 0 spiro atoms. The number of nitrogens with one attached hydrogen (secondary N) is 2. The molecule has 4 N–H and O–H groups in total. The van der Waals surface area contributed by atoms with E-state index in [1.807, 2.05) is 18.2 Å². The monoisotopic (exact) mass is 1000 g/mol. The normalized spacial score (nSPS) is 22.4. The number of likely N-dealkylation sites (tertiary alicyclic amines) is 1. The molecule has 3 saturated heterocycles. The van der Waals surface area contributed by atoms with Crippen molar-refractivity contribution in [3.63, 3.8) is 0 Å². The quantitative estimate of drug-likeness (QED) is 0.116. The molecule has 6 bridgehead atoms. The van der Waals surface area contributed by atoms with E-state index in [1.165, 1.54) is 27.9 Å². The fourth-order valence-electron chi connectivity index (χ4n) is 10.9. The molecule has 6 heterocycles. The van der Waals surface area contributed by atoms with Crippen LogP contribution in [0.1, 0.15) is 70.7 Å². The number of benzene rings is 2. The smallest absolute Gasteiger partial charge is 0.324 e. The third-order valence-electron chi connectivity index (χ3n) is 14.6. The standard InChI is InChI=1S/C55H72N8O10/c1-8-62-46-16-15-37-30-41(46)42(49(62)40-12-9-18-56-45(40)32-71-7)31-54(4,5)34-73-52(68)43-13-10-20-63(58-43)51(67)44(28-36-26-38(37)29-39(64)27-36)57-50(66)48(35(2)3)59(6)53(69)55(70)17-21-61(33-55)47(65)14-11-19-60-22-24-72-25-23-60/h9,11-12,14-16,18,26-27,29-30,35,43-44,48,58,64,70H,8,10,13,17,19-25,28,31-34H2,1-7H3,(H,57,66)/b14-11+/t43-,44-,48-,55+/m0/s1. The molecular weight excluding hydrogens is 933 g/mol. The zero-order valence-corrected chi connectivity index (χ0v) is 43.3. The number of amides is 4. The lowest BCUT2D eigenvalue weighted by Gasteiger charge is -2.37. The number of hydrogen-bond donors (Lipinski definition) is 4. The lowest BCUT2D eigenvalue weighted by atomic mass is 9.84. The van der Waals surface area contributed by atoms with Crippen LogP contribution in [-0.2, 0) is 64.2 Å². The van der Waals surface area contributed by atoms with Crippen molar-refractivity contribution in [3.05, 3.63) is 83.7 Å². The van der Waals surface area contributed by atoms with Crippen molar-refractivity contribution in [1.29, 1.82) is 0 Å². The summed E-state index contributed by atoms with van der Waals surface area (Å²) in [6, 6.07) is 12.1. The third-order valence-corrected chi connectivity index (χ3v) is 14.6. The van der Waals surface area contributed by atoms with E-state index < -0.39 is 58.8 Å². The Labute approximate surface area is 427 Å². The van der Waals surface area contributed by atoms with Gasteiger partial charge in [0.15, 0.2) is 5.60 Å². The van der Waals surface area contributed by atoms with Gasteiger partial charge in [-0.15, -0.1) is 0 Å². The van der Waals surface area contributed by atoms with Crippen molar-refractivity contribution in [2.24, 2.45) is 11.3 Å². The number of aliphatic hydroxyl groups is 1. The van der Waals surface area contributed by atoms with Crippen LogP contribution in [0.5, 0.6) is 5.75 Å². The second-order valence-corrected chi connectivity index (χ2v) is 21.1. The van der Waals surface area contributed by atoms with Crippen LogP contribution >= 0.6 is 0 Å². The number of esters is 1. The van der Waals surface area contributed by atoms with Gasteiger partial charge in [-0.1, -0.05) is 45.9 Å². The minimum Gasteiger partial charge on any atom is -0.508 e. The van der Waals surface area contributed by atoms with Crippen LogP contribution in [0.3, 0.4) is 0 Å². The number of cyclic esters (lactones) is 1. The number of hydrogen-bond acceptors (Lipinski definition) is 13. The Morgan fingerprint density at radius 1 is 1.05 bits per heavy atom. The van der Waals surface area contributed by atoms with Crippen molar-refractivity contribution >= 4 is 40.5 Å². The number of carbonyl (C=O) groups is 5. The highest BCUT2D eigenvalue weighted by Gasteiger charge is 2.48. The summed E-state index contributed by atoms with van der Waals surface area (Å²) in [6.45, 7) is 14.3. The number of β-amino-alcohol motifs (C(OH)–C–C–N with tert-alkyl or cyclic N) is 1. The number of aryl methyl sites for hydroxylation is 1. The van der Waals surface area contributed by atoms with Crippen molar-refractivity contribution in [2.75, 3.05) is 73.2 Å². The number of carbonyl (C=O) groups excluding carboxylic acids is 5. The number of likely N-dealkylation sites (N-methyl/N-ethyl adjacent to an activating group) is 1. The molecule has 4 aliphatic heterocycles. The molecular formula is C55H72N8O10. The van der Waals surface area contributed by atoms with E-state index in [0.717, 1.165) is 52.1 Å². The summed E-state index contributed by atoms with van der Waals surface area (Å²) < 4.78 is 19.4. The molecule has 3 fully saturated rings. The number of morpholine rings is 1. The van der Waals surface area contributed by atoms with Crippen molar-refractivity contribution in [2.45, 2.75) is 104 Å². The van der Waals surface area contributed by atoms with Gasteiger partial charge in [-0.25, -0.2) is 5.43 Å². The predicted molar refractivity (Wildman–Crippen MR) is 275 cm³/mol. The number of ether oxygens (including phenoxy) is 3. The first kappa shape index (κ1) is 53.1. The van der Waals surface area contributed by atoms with Crippen LogP contribution in [0.15, 0.2) is 66.9 Å². The molecule has 4 aliphatic rings. The van der Waals surface area contributed by atoms with Gasteiger partial charge in [0.2, 0.25) is 11.8 Å². The van der Waals surface area contributed by atoms with Crippen LogP contribution in [0.2, 0.25) is 0 Å². The molecule has 0 saturated carbocycles. The van der Waals surface area contributed by atoms with E-state index >= 15 is 0 Å². The van der Waals surface area contributed by atoms with E-state index in [4.69, 9.17) is 19.2 Å². The summed E-state index contributed by atoms with van der Waals surface area (Å²) in [6.07, 6.45) is 6.32. The molecule has 18 nitrogen and oxygen atoms in total. The minimum absolute atomic E-state index is 0.0199. The number of aromatic nitrogens is 2. The van der Waals surface area contributed by atoms with Crippen molar-refractivity contribution in [1.82, 2.24) is 40.0 Å². The van der Waals surface area contributed by atoms with E-state index in [0.29, 0.717) is 63.3 Å². The maximum absolute atomic E-state index is 14.8. The van der Waals surface area contributed by atoms with Crippen molar-refractivity contribution in [3.8, 4) is 28.1 Å². The second kappa shape index (κ2) is 22.5. The summed E-state index contributed by atoms with van der Waals surface area (Å²) in [4.78, 5) is 80.5. The summed E-state index contributed by atoms with van der Waals surface area (Å²) in [5, 5.41) is 28.5. The molecule has 2 aromatic heterocycles. The summed E-state index contributed by atoms with van der Waals surface area (Å²) >= 11 is 0. The first-order valence-corrected chi connectivity index (χ1v) is 25.6. The zero-order valence-electron chi connectivity index (χ0n) is 43.3. The number of phenolic OH excluding ortho intramolecular Hbond substituents is 1. The zero-order chi connectivity index (χ0) is 52.2. The molecule has 18 heteroatoms. The first-order chi connectivity index (χ1) is 34.9. The largest absolute Gasteiger partial charge is 0.508 e. The number of fused-ring (bicyclic) bond motifs is 6. The Morgan fingerprint density at radius 2 is 1.84 bits per heavy atom. The lowest BCUT2D eigenvalue weighted by molar-refractivity contribution is -0.156. The molecule has 4 atom stereocenters. The van der Waals surface area contributed by atoms with Gasteiger partial charge in [-0.05, 0) is 90.8 Å². The average Bonchev–Trinajstić information content (AvgIpc) is 3.92. The summed E-state index contributed by atoms with van der Waals surface area (Å²) in [7, 11) is 3.09. The van der Waals surface area contributed by atoms with E-state index in [1.54, 1.807) is 45.4 Å². The van der Waals surface area contributed by atoms with Crippen LogP contribution in [0, 0.1) is 11.3 Å². The summed E-state index contributed by atoms with van der Waals surface area (Å²) in [5.74, 6) is -3.24. The Bertz CT molecular complexity index is 2730. The third kappa shape index (κ3) is 11.8. The molecule has 392 valence electrons. The maximum Gasteiger partial charge on any atom is 0.324 e. The fourth-order valence-corrected chi connectivity index (χ4v) is 10.9. The summed E-state index contributed by atoms with van der Waals surface area (Å²) in [5.41, 5.74) is 7.39. The Hall–Kier alpha value is -6.18. The Balaban J connectivity index is 1.11. The first-order valence-electron chi connectivity index (χ1n) is 25.6. The van der Waals surface area contributed by atoms with Crippen molar-refractivity contribution < 1.29 is 48.4 Å². The van der Waals surface area contributed by atoms with E-state index in [-0.39, 0.29) is 50.7 Å². The highest BCUT2D eigenvalue weighted by Crippen LogP contribution is 2.41. The predicted octanol–water partition coefficient (Wildman–Crippen LogP) is 4.23. The average molecular weight is 1010 g/mol. The Morgan fingerprint density at radius 3 is 2.58 bits per heavy atom.